The third-order valence-electron chi connectivity index (χ3n) is 0.812. The monoisotopic (exact) mass is 268 g/mol. The average molecular weight is 269 g/mol. The van der Waals surface area contributed by atoms with Gasteiger partial charge < -0.3 is 34.1 Å². The van der Waals surface area contributed by atoms with Crippen molar-refractivity contribution in [1.29, 1.82) is 0 Å². The summed E-state index contributed by atoms with van der Waals surface area (Å²) in [5, 5.41) is 0. The van der Waals surface area contributed by atoms with Crippen molar-refractivity contribution in [3.05, 3.63) is 6.42 Å². The maximum Gasteiger partial charge on any atom is 2.00 e. The van der Waals surface area contributed by atoms with Crippen LogP contribution in [0.1, 0.15) is 0 Å². The molecule has 0 aromatic rings. The number of hydrogen-bond acceptors (Lipinski definition) is 1. The summed E-state index contributed by atoms with van der Waals surface area (Å²) in [6, 6.07) is 0. The summed E-state index contributed by atoms with van der Waals surface area (Å²) in [6.07, 6.45) is 6.55. The molecular formula is C9H13BrMgOSi. The fraction of sp³-hybridized carbons (Fsp3) is 0.556. The fourth-order valence-corrected chi connectivity index (χ4v) is 1.06. The molecule has 0 aliphatic carbocycles. The van der Waals surface area contributed by atoms with Crippen molar-refractivity contribution >= 4 is 31.1 Å². The van der Waals surface area contributed by atoms with Crippen LogP contribution in [-0.2, 0) is 4.74 Å². The van der Waals surface area contributed by atoms with E-state index >= 15 is 0 Å². The molecule has 0 atom stereocenters. The van der Waals surface area contributed by atoms with Crippen LogP contribution in [0.2, 0.25) is 19.6 Å². The molecule has 13 heavy (non-hydrogen) atoms. The first-order valence-electron chi connectivity index (χ1n) is 3.53. The number of hydrogen-bond donors (Lipinski definition) is 0. The summed E-state index contributed by atoms with van der Waals surface area (Å²) in [4.78, 5) is 0. The predicted molar refractivity (Wildman–Crippen MR) is 54.8 cm³/mol. The smallest absolute Gasteiger partial charge is 1.00 e. The van der Waals surface area contributed by atoms with Crippen LogP contribution in [0.3, 0.4) is 0 Å². The molecule has 0 saturated carbocycles. The van der Waals surface area contributed by atoms with Gasteiger partial charge in [0.2, 0.25) is 0 Å². The van der Waals surface area contributed by atoms with Crippen molar-refractivity contribution in [2.24, 2.45) is 0 Å². The van der Waals surface area contributed by atoms with E-state index in [0.29, 0.717) is 6.61 Å². The molecule has 0 unspecified atom stereocenters. The van der Waals surface area contributed by atoms with E-state index in [1.807, 2.05) is 0 Å². The molecule has 0 radical (unpaired) electrons. The molecule has 0 aromatic heterocycles. The van der Waals surface area contributed by atoms with Gasteiger partial charge in [-0.25, -0.2) is 0 Å². The van der Waals surface area contributed by atoms with Gasteiger partial charge in [0.25, 0.3) is 0 Å². The second kappa shape index (κ2) is 10.6. The molecule has 0 spiro atoms. The van der Waals surface area contributed by atoms with Crippen LogP contribution in [0.15, 0.2) is 0 Å². The Labute approximate surface area is 109 Å². The quantitative estimate of drug-likeness (QED) is 0.246. The topological polar surface area (TPSA) is 9.23 Å². The van der Waals surface area contributed by atoms with Gasteiger partial charge in [0, 0.05) is 0 Å². The summed E-state index contributed by atoms with van der Waals surface area (Å²) < 4.78 is 4.93. The summed E-state index contributed by atoms with van der Waals surface area (Å²) in [5.41, 5.74) is 3.16. The molecular weight excluding hydrogens is 256 g/mol. The molecule has 0 aromatic carbocycles. The molecule has 0 N–H and O–H groups in total. The van der Waals surface area contributed by atoms with E-state index in [-0.39, 0.29) is 46.6 Å². The average Bonchev–Trinajstić information content (AvgIpc) is 1.85. The van der Waals surface area contributed by atoms with E-state index in [4.69, 9.17) is 11.2 Å². The van der Waals surface area contributed by atoms with Gasteiger partial charge in [-0.15, -0.1) is 5.54 Å². The first-order valence-corrected chi connectivity index (χ1v) is 7.03. The Kier molecular flexibility index (Phi) is 15.7. The van der Waals surface area contributed by atoms with Crippen molar-refractivity contribution < 1.29 is 21.7 Å². The SMILES string of the molecule is [Br-].[C-]#CCOCC#C[Si](C)(C)C.[Mg+2]. The van der Waals surface area contributed by atoms with Gasteiger partial charge in [-0.1, -0.05) is 25.6 Å². The Morgan fingerprint density at radius 2 is 1.77 bits per heavy atom. The molecule has 68 valence electrons. The van der Waals surface area contributed by atoms with Gasteiger partial charge in [-0.05, 0) is 0 Å². The minimum absolute atomic E-state index is 0. The zero-order chi connectivity index (χ0) is 8.74. The molecule has 0 heterocycles. The molecule has 0 aliphatic heterocycles. The second-order valence-electron chi connectivity index (χ2n) is 3.22. The van der Waals surface area contributed by atoms with Crippen LogP contribution < -0.4 is 17.0 Å². The summed E-state index contributed by atoms with van der Waals surface area (Å²) >= 11 is 0. The first-order chi connectivity index (χ1) is 5.06. The number of rotatable bonds is 2. The van der Waals surface area contributed by atoms with Gasteiger partial charge in [0.1, 0.15) is 14.7 Å². The van der Waals surface area contributed by atoms with Crippen LogP contribution in [0, 0.1) is 23.8 Å². The van der Waals surface area contributed by atoms with Crippen LogP contribution >= 0.6 is 0 Å². The van der Waals surface area contributed by atoms with Crippen molar-refractivity contribution in [2.75, 3.05) is 13.2 Å². The Morgan fingerprint density at radius 1 is 1.23 bits per heavy atom. The third-order valence-corrected chi connectivity index (χ3v) is 1.74. The van der Waals surface area contributed by atoms with E-state index in [0.717, 1.165) is 0 Å². The minimum Gasteiger partial charge on any atom is -1.00 e. The van der Waals surface area contributed by atoms with Crippen molar-refractivity contribution in [1.82, 2.24) is 0 Å². The van der Waals surface area contributed by atoms with Gasteiger partial charge in [-0.2, -0.15) is 0 Å². The van der Waals surface area contributed by atoms with E-state index in [9.17, 15) is 0 Å². The minimum atomic E-state index is -1.23. The molecule has 0 fully saturated rings. The number of ether oxygens (including phenoxy) is 1. The number of halogens is 1. The molecule has 1 nitrogen and oxygen atoms in total. The van der Waals surface area contributed by atoms with Gasteiger partial charge >= 0.3 is 23.1 Å². The Bertz CT molecular complexity index is 206. The van der Waals surface area contributed by atoms with E-state index in [2.05, 4.69) is 37.0 Å². The molecule has 0 amide bonds. The largest absolute Gasteiger partial charge is 2.00 e. The van der Waals surface area contributed by atoms with E-state index in [1.54, 1.807) is 0 Å². The van der Waals surface area contributed by atoms with E-state index in [1.165, 1.54) is 0 Å². The fourth-order valence-electron chi connectivity index (χ4n) is 0.454. The molecule has 0 bridgehead atoms. The van der Waals surface area contributed by atoms with Crippen molar-refractivity contribution in [2.45, 2.75) is 19.6 Å². The van der Waals surface area contributed by atoms with E-state index < -0.39 is 8.07 Å². The summed E-state index contributed by atoms with van der Waals surface area (Å²) in [5.74, 6) is 5.06. The molecule has 4 heteroatoms. The molecule has 0 saturated heterocycles. The third kappa shape index (κ3) is 19.1. The van der Waals surface area contributed by atoms with Crippen LogP contribution in [0.5, 0.6) is 0 Å². The second-order valence-corrected chi connectivity index (χ2v) is 7.97. The van der Waals surface area contributed by atoms with Gasteiger partial charge in [-0.3, -0.25) is 0 Å². The Hall–Kier alpha value is 0.543. The van der Waals surface area contributed by atoms with Crippen molar-refractivity contribution in [3.63, 3.8) is 0 Å². The molecule has 0 rings (SSSR count). The Morgan fingerprint density at radius 3 is 2.15 bits per heavy atom. The normalized spacial score (nSPS) is 8.15. The van der Waals surface area contributed by atoms with Gasteiger partial charge in [0.15, 0.2) is 0 Å². The van der Waals surface area contributed by atoms with Gasteiger partial charge in [0.05, 0.1) is 6.61 Å². The first kappa shape index (κ1) is 19.2. The zero-order valence-corrected chi connectivity index (χ0v) is 12.4. The van der Waals surface area contributed by atoms with Crippen LogP contribution in [0.25, 0.3) is 0 Å². The Balaban J connectivity index is -0.000000500. The zero-order valence-electron chi connectivity index (χ0n) is 8.41. The maximum absolute atomic E-state index is 6.55. The summed E-state index contributed by atoms with van der Waals surface area (Å²) in [7, 11) is -1.23. The standard InChI is InChI=1S/C9H13OSi.BrH.Mg/c1-5-7-10-8-6-9-11(2,3)4;;/h7-8H2,2-4H3;1H;/q-1;;+2/p-1. The summed E-state index contributed by atoms with van der Waals surface area (Å²) in [6.45, 7) is 7.23. The van der Waals surface area contributed by atoms with Crippen LogP contribution in [-0.4, -0.2) is 44.3 Å². The predicted octanol–water partition coefficient (Wildman–Crippen LogP) is -1.90. The maximum atomic E-state index is 6.55. The van der Waals surface area contributed by atoms with Crippen molar-refractivity contribution in [3.8, 4) is 17.4 Å². The molecule has 0 aliphatic rings. The van der Waals surface area contributed by atoms with Crippen LogP contribution in [0.4, 0.5) is 0 Å².